The van der Waals surface area contributed by atoms with E-state index in [2.05, 4.69) is 86.3 Å². The van der Waals surface area contributed by atoms with Crippen LogP contribution in [0.4, 0.5) is 0 Å². The molecule has 0 radical (unpaired) electrons. The van der Waals surface area contributed by atoms with E-state index in [0.717, 1.165) is 26.3 Å². The molecule has 0 saturated carbocycles. The van der Waals surface area contributed by atoms with Crippen LogP contribution in [-0.4, -0.2) is 63.3 Å². The topological polar surface area (TPSA) is 24.9 Å². The van der Waals surface area contributed by atoms with Crippen LogP contribution in [0.5, 0.6) is 0 Å². The third-order valence-electron chi connectivity index (χ3n) is 8.75. The number of likely N-dealkylation sites (N-methyl/N-ethyl adjacent to an activating group) is 2. The Kier molecular flexibility index (Phi) is 23.2. The minimum Gasteiger partial charge on any atom is -0.375 e. The second-order valence-corrected chi connectivity index (χ2v) is 13.1. The lowest BCUT2D eigenvalue weighted by molar-refractivity contribution is 0.0991. The SMILES string of the molecule is CCCCCCCCCCN(C)CCOCc1cccc(-c2cccc(COCCN(C)CCCCCCCCCC)c2)c1. The van der Waals surface area contributed by atoms with Gasteiger partial charge in [-0.25, -0.2) is 0 Å². The number of rotatable bonds is 29. The van der Waals surface area contributed by atoms with Gasteiger partial charge in [0.2, 0.25) is 0 Å². The molecule has 4 heteroatoms. The molecule has 0 heterocycles. The smallest absolute Gasteiger partial charge is 0.0717 e. The first-order chi connectivity index (χ1) is 21.6. The van der Waals surface area contributed by atoms with E-state index in [1.165, 1.54) is 138 Å². The quantitative estimate of drug-likeness (QED) is 0.0858. The Labute approximate surface area is 272 Å². The van der Waals surface area contributed by atoms with Crippen molar-refractivity contribution >= 4 is 0 Å². The molecule has 0 bridgehead atoms. The van der Waals surface area contributed by atoms with Crippen LogP contribution in [0.2, 0.25) is 0 Å². The van der Waals surface area contributed by atoms with Gasteiger partial charge in [-0.3, -0.25) is 0 Å². The fraction of sp³-hybridized carbons (Fsp3) is 0.700. The van der Waals surface area contributed by atoms with Gasteiger partial charge < -0.3 is 19.3 Å². The monoisotopic (exact) mass is 609 g/mol. The average molecular weight is 609 g/mol. The second kappa shape index (κ2) is 26.5. The molecule has 0 aromatic heterocycles. The van der Waals surface area contributed by atoms with E-state index in [-0.39, 0.29) is 0 Å². The highest BCUT2D eigenvalue weighted by Gasteiger charge is 2.04. The van der Waals surface area contributed by atoms with Crippen molar-refractivity contribution in [3.63, 3.8) is 0 Å². The molecule has 0 aliphatic carbocycles. The Morgan fingerprint density at radius 1 is 0.455 bits per heavy atom. The normalized spacial score (nSPS) is 11.7. The summed E-state index contributed by atoms with van der Waals surface area (Å²) >= 11 is 0. The molecule has 44 heavy (non-hydrogen) atoms. The van der Waals surface area contributed by atoms with E-state index >= 15 is 0 Å². The standard InChI is InChI=1S/C40H68N2O2/c1-5-7-9-11-13-15-17-19-27-41(3)29-31-43-35-37-23-21-25-39(33-37)40-26-22-24-38(34-40)36-44-32-30-42(4)28-20-18-16-14-12-10-8-6-2/h21-26,33-34H,5-20,27-32,35-36H2,1-4H3. The third-order valence-corrected chi connectivity index (χ3v) is 8.75. The number of hydrogen-bond donors (Lipinski definition) is 0. The van der Waals surface area contributed by atoms with E-state index < -0.39 is 0 Å². The van der Waals surface area contributed by atoms with Gasteiger partial charge in [0.15, 0.2) is 0 Å². The fourth-order valence-corrected chi connectivity index (χ4v) is 5.76. The molecule has 250 valence electrons. The summed E-state index contributed by atoms with van der Waals surface area (Å²) < 4.78 is 12.1. The maximum atomic E-state index is 6.06. The summed E-state index contributed by atoms with van der Waals surface area (Å²) in [4.78, 5) is 4.83. The summed E-state index contributed by atoms with van der Waals surface area (Å²) in [5.41, 5.74) is 4.94. The van der Waals surface area contributed by atoms with E-state index in [4.69, 9.17) is 9.47 Å². The lowest BCUT2D eigenvalue weighted by Gasteiger charge is -2.17. The van der Waals surface area contributed by atoms with E-state index in [1.807, 2.05) is 0 Å². The van der Waals surface area contributed by atoms with Crippen LogP contribution in [-0.2, 0) is 22.7 Å². The van der Waals surface area contributed by atoms with Crippen molar-refractivity contribution in [2.75, 3.05) is 53.5 Å². The van der Waals surface area contributed by atoms with E-state index in [9.17, 15) is 0 Å². The molecular formula is C40H68N2O2. The van der Waals surface area contributed by atoms with Crippen LogP contribution >= 0.6 is 0 Å². The van der Waals surface area contributed by atoms with Crippen LogP contribution in [0.25, 0.3) is 11.1 Å². The molecule has 0 saturated heterocycles. The highest BCUT2D eigenvalue weighted by atomic mass is 16.5. The number of benzene rings is 2. The Morgan fingerprint density at radius 3 is 1.20 bits per heavy atom. The van der Waals surface area contributed by atoms with Crippen LogP contribution in [0.15, 0.2) is 48.5 Å². The number of hydrogen-bond acceptors (Lipinski definition) is 4. The Bertz CT molecular complexity index is 858. The molecule has 2 aromatic rings. The molecule has 0 spiro atoms. The van der Waals surface area contributed by atoms with Gasteiger partial charge in [0.25, 0.3) is 0 Å². The molecule has 2 aromatic carbocycles. The van der Waals surface area contributed by atoms with Gasteiger partial charge in [-0.05, 0) is 74.4 Å². The molecule has 0 fully saturated rings. The Hall–Kier alpha value is -1.72. The van der Waals surface area contributed by atoms with E-state index in [0.29, 0.717) is 13.2 Å². The van der Waals surface area contributed by atoms with Crippen LogP contribution in [0.1, 0.15) is 128 Å². The van der Waals surface area contributed by atoms with Crippen molar-refractivity contribution in [2.24, 2.45) is 0 Å². The highest BCUT2D eigenvalue weighted by Crippen LogP contribution is 2.22. The number of nitrogens with zero attached hydrogens (tertiary/aromatic N) is 2. The minimum absolute atomic E-state index is 0.661. The zero-order valence-corrected chi connectivity index (χ0v) is 29.3. The zero-order chi connectivity index (χ0) is 31.5. The third kappa shape index (κ3) is 19.6. The first-order valence-electron chi connectivity index (χ1n) is 18.3. The fourth-order valence-electron chi connectivity index (χ4n) is 5.76. The van der Waals surface area contributed by atoms with Crippen LogP contribution in [0.3, 0.4) is 0 Å². The lowest BCUT2D eigenvalue weighted by Crippen LogP contribution is -2.24. The summed E-state index contributed by atoms with van der Waals surface area (Å²) in [7, 11) is 4.44. The highest BCUT2D eigenvalue weighted by molar-refractivity contribution is 5.64. The Morgan fingerprint density at radius 2 is 0.818 bits per heavy atom. The average Bonchev–Trinajstić information content (AvgIpc) is 3.04. The van der Waals surface area contributed by atoms with E-state index in [1.54, 1.807) is 0 Å². The minimum atomic E-state index is 0.661. The molecular weight excluding hydrogens is 540 g/mol. The number of ether oxygens (including phenoxy) is 2. The van der Waals surface area contributed by atoms with Crippen LogP contribution in [0, 0.1) is 0 Å². The lowest BCUT2D eigenvalue weighted by atomic mass is 10.0. The maximum absolute atomic E-state index is 6.06. The van der Waals surface area contributed by atoms with Crippen molar-refractivity contribution in [3.8, 4) is 11.1 Å². The predicted molar refractivity (Wildman–Crippen MR) is 191 cm³/mol. The van der Waals surface area contributed by atoms with Gasteiger partial charge in [-0.2, -0.15) is 0 Å². The summed E-state index contributed by atoms with van der Waals surface area (Å²) in [6, 6.07) is 17.6. The molecule has 0 atom stereocenters. The molecule has 0 N–H and O–H groups in total. The van der Waals surface area contributed by atoms with Gasteiger partial charge in [0.05, 0.1) is 26.4 Å². The van der Waals surface area contributed by atoms with Crippen molar-refractivity contribution in [3.05, 3.63) is 59.7 Å². The molecule has 0 aliphatic heterocycles. The van der Waals surface area contributed by atoms with Gasteiger partial charge in [-0.1, -0.05) is 140 Å². The molecule has 4 nitrogen and oxygen atoms in total. The molecule has 0 amide bonds. The predicted octanol–water partition coefficient (Wildman–Crippen LogP) is 10.5. The second-order valence-electron chi connectivity index (χ2n) is 13.1. The van der Waals surface area contributed by atoms with Gasteiger partial charge in [-0.15, -0.1) is 0 Å². The molecule has 2 rings (SSSR count). The number of unbranched alkanes of at least 4 members (excludes halogenated alkanes) is 14. The van der Waals surface area contributed by atoms with Crippen molar-refractivity contribution in [1.29, 1.82) is 0 Å². The summed E-state index contributed by atoms with van der Waals surface area (Å²) in [6.45, 7) is 11.8. The van der Waals surface area contributed by atoms with Gasteiger partial charge in [0.1, 0.15) is 0 Å². The molecule has 0 aliphatic rings. The van der Waals surface area contributed by atoms with Gasteiger partial charge in [0, 0.05) is 13.1 Å². The van der Waals surface area contributed by atoms with Crippen molar-refractivity contribution in [2.45, 2.75) is 130 Å². The maximum Gasteiger partial charge on any atom is 0.0717 e. The first-order valence-corrected chi connectivity index (χ1v) is 18.3. The van der Waals surface area contributed by atoms with Gasteiger partial charge >= 0.3 is 0 Å². The first kappa shape index (κ1) is 38.5. The summed E-state index contributed by atoms with van der Waals surface area (Å²) in [5.74, 6) is 0. The van der Waals surface area contributed by atoms with Crippen LogP contribution < -0.4 is 0 Å². The van der Waals surface area contributed by atoms with Crippen molar-refractivity contribution in [1.82, 2.24) is 9.80 Å². The zero-order valence-electron chi connectivity index (χ0n) is 29.3. The summed E-state index contributed by atoms with van der Waals surface area (Å²) in [6.07, 6.45) is 22.0. The summed E-state index contributed by atoms with van der Waals surface area (Å²) in [5, 5.41) is 0. The van der Waals surface area contributed by atoms with Crippen molar-refractivity contribution < 1.29 is 9.47 Å². The largest absolute Gasteiger partial charge is 0.375 e. The Balaban J connectivity index is 1.59. The molecule has 0 unspecified atom stereocenters.